The third-order valence-electron chi connectivity index (χ3n) is 4.12. The van der Waals surface area contributed by atoms with Gasteiger partial charge in [-0.3, -0.25) is 9.59 Å². The van der Waals surface area contributed by atoms with Crippen LogP contribution < -0.4 is 16.4 Å². The van der Waals surface area contributed by atoms with Crippen molar-refractivity contribution in [3.8, 4) is 0 Å². The minimum absolute atomic E-state index is 0.0314. The summed E-state index contributed by atoms with van der Waals surface area (Å²) in [7, 11) is 0. The molecule has 0 aliphatic carbocycles. The van der Waals surface area contributed by atoms with Gasteiger partial charge in [0, 0.05) is 6.42 Å². The molecular weight excluding hydrogens is 390 g/mol. The fraction of sp³-hybridized carbons (Fsp3) is 0.238. The second-order valence-electron chi connectivity index (χ2n) is 6.52. The van der Waals surface area contributed by atoms with E-state index in [0.29, 0.717) is 5.56 Å². The Morgan fingerprint density at radius 1 is 0.867 bits per heavy atom. The number of aliphatic carboxylic acids is 1. The molecule has 0 spiro atoms. The fourth-order valence-electron chi connectivity index (χ4n) is 2.64. The van der Waals surface area contributed by atoms with E-state index in [1.807, 2.05) is 6.07 Å². The third-order valence-corrected chi connectivity index (χ3v) is 4.12. The van der Waals surface area contributed by atoms with Gasteiger partial charge in [-0.2, -0.15) is 0 Å². The Kier molecular flexibility index (Phi) is 8.37. The number of carbonyl (C=O) groups is 4. The smallest absolute Gasteiger partial charge is 0.408 e. The molecule has 2 atom stereocenters. The van der Waals surface area contributed by atoms with Crippen LogP contribution in [0.15, 0.2) is 60.7 Å². The molecule has 30 heavy (non-hydrogen) atoms. The Morgan fingerprint density at radius 3 is 1.97 bits per heavy atom. The van der Waals surface area contributed by atoms with E-state index in [2.05, 4.69) is 10.6 Å². The number of hydrogen-bond donors (Lipinski definition) is 4. The number of hydrogen-bond acceptors (Lipinski definition) is 5. The van der Waals surface area contributed by atoms with Gasteiger partial charge >= 0.3 is 12.1 Å². The molecule has 9 heteroatoms. The number of rotatable bonds is 10. The maximum Gasteiger partial charge on any atom is 0.408 e. The first-order chi connectivity index (χ1) is 14.3. The summed E-state index contributed by atoms with van der Waals surface area (Å²) in [5, 5.41) is 14.0. The van der Waals surface area contributed by atoms with Crippen molar-refractivity contribution in [3.63, 3.8) is 0 Å². The summed E-state index contributed by atoms with van der Waals surface area (Å²) in [5.74, 6) is -2.95. The molecule has 0 saturated carbocycles. The largest absolute Gasteiger partial charge is 0.480 e. The number of carbonyl (C=O) groups excluding carboxylic acids is 3. The van der Waals surface area contributed by atoms with Gasteiger partial charge in [-0.15, -0.1) is 0 Å². The number of nitrogens with two attached hydrogens (primary N) is 1. The topological polar surface area (TPSA) is 148 Å². The number of ether oxygens (including phenoxy) is 1. The number of benzene rings is 2. The van der Waals surface area contributed by atoms with Gasteiger partial charge in [0.15, 0.2) is 0 Å². The lowest BCUT2D eigenvalue weighted by atomic mass is 10.1. The monoisotopic (exact) mass is 413 g/mol. The molecule has 0 heterocycles. The van der Waals surface area contributed by atoms with Crippen molar-refractivity contribution in [2.24, 2.45) is 5.73 Å². The predicted molar refractivity (Wildman–Crippen MR) is 107 cm³/mol. The van der Waals surface area contributed by atoms with Gasteiger partial charge in [0.2, 0.25) is 11.8 Å². The predicted octanol–water partition coefficient (Wildman–Crippen LogP) is 0.969. The van der Waals surface area contributed by atoms with E-state index in [1.54, 1.807) is 54.6 Å². The van der Waals surface area contributed by atoms with Gasteiger partial charge in [-0.05, 0) is 11.1 Å². The fourth-order valence-corrected chi connectivity index (χ4v) is 2.64. The van der Waals surface area contributed by atoms with Crippen molar-refractivity contribution in [1.82, 2.24) is 10.6 Å². The van der Waals surface area contributed by atoms with Gasteiger partial charge in [-0.1, -0.05) is 60.7 Å². The van der Waals surface area contributed by atoms with E-state index >= 15 is 0 Å². The molecule has 0 radical (unpaired) electrons. The molecule has 9 nitrogen and oxygen atoms in total. The summed E-state index contributed by atoms with van der Waals surface area (Å²) in [6.07, 6.45) is -1.41. The minimum Gasteiger partial charge on any atom is -0.480 e. The summed E-state index contributed by atoms with van der Waals surface area (Å²) >= 11 is 0. The molecule has 0 unspecified atom stereocenters. The number of carboxylic acids is 1. The summed E-state index contributed by atoms with van der Waals surface area (Å²) < 4.78 is 5.04. The van der Waals surface area contributed by atoms with Crippen molar-refractivity contribution in [2.75, 3.05) is 0 Å². The highest BCUT2D eigenvalue weighted by Gasteiger charge is 2.28. The van der Waals surface area contributed by atoms with Crippen LogP contribution in [0.3, 0.4) is 0 Å². The number of alkyl carbamates (subject to hydrolysis) is 1. The van der Waals surface area contributed by atoms with Crippen LogP contribution in [0.5, 0.6) is 0 Å². The first kappa shape index (κ1) is 22.4. The molecule has 0 aromatic heterocycles. The van der Waals surface area contributed by atoms with Crippen LogP contribution in [0, 0.1) is 0 Å². The summed E-state index contributed by atoms with van der Waals surface area (Å²) in [4.78, 5) is 47.4. The number of carboxylic acid groups (broad SMARTS) is 1. The molecule has 3 amide bonds. The lowest BCUT2D eigenvalue weighted by Gasteiger charge is -2.20. The maximum absolute atomic E-state index is 12.5. The van der Waals surface area contributed by atoms with Gasteiger partial charge in [0.1, 0.15) is 18.7 Å². The van der Waals surface area contributed by atoms with Crippen molar-refractivity contribution in [1.29, 1.82) is 0 Å². The summed E-state index contributed by atoms with van der Waals surface area (Å²) in [6, 6.07) is 15.0. The van der Waals surface area contributed by atoms with Gasteiger partial charge in [-0.25, -0.2) is 9.59 Å². The number of primary amides is 1. The molecule has 0 fully saturated rings. The Morgan fingerprint density at radius 2 is 1.43 bits per heavy atom. The van der Waals surface area contributed by atoms with E-state index in [0.717, 1.165) is 5.56 Å². The first-order valence-electron chi connectivity index (χ1n) is 9.17. The van der Waals surface area contributed by atoms with Crippen LogP contribution >= 0.6 is 0 Å². The Balaban J connectivity index is 1.99. The van der Waals surface area contributed by atoms with E-state index < -0.39 is 42.4 Å². The van der Waals surface area contributed by atoms with E-state index in [9.17, 15) is 24.3 Å². The van der Waals surface area contributed by atoms with Gasteiger partial charge in [0.05, 0.1) is 6.42 Å². The zero-order valence-electron chi connectivity index (χ0n) is 16.1. The molecule has 158 valence electrons. The van der Waals surface area contributed by atoms with Crippen molar-refractivity contribution >= 4 is 23.9 Å². The molecule has 2 aromatic rings. The molecule has 0 bridgehead atoms. The van der Waals surface area contributed by atoms with Crippen LogP contribution in [0.2, 0.25) is 0 Å². The summed E-state index contributed by atoms with van der Waals surface area (Å²) in [5.41, 5.74) is 6.59. The van der Waals surface area contributed by atoms with Gasteiger partial charge < -0.3 is 26.2 Å². The standard InChI is InChI=1S/C21H23N3O6/c22-18(25)12-16(24-21(29)30-13-15-9-5-2-6-10-15)19(26)23-17(20(27)28)11-14-7-3-1-4-8-14/h1-10,16-17H,11-13H2,(H2,22,25)(H,23,26)(H,24,29)(H,27,28)/t16-,17-/m1/s1. The SMILES string of the molecule is NC(=O)C[C@@H](NC(=O)OCc1ccccc1)C(=O)N[C@H](Cc1ccccc1)C(=O)O. The highest BCUT2D eigenvalue weighted by Crippen LogP contribution is 2.05. The molecular formula is C21H23N3O6. The average Bonchev–Trinajstić information content (AvgIpc) is 2.72. The average molecular weight is 413 g/mol. The second-order valence-corrected chi connectivity index (χ2v) is 6.52. The number of amides is 3. The van der Waals surface area contributed by atoms with Crippen LogP contribution in [-0.4, -0.2) is 41.1 Å². The zero-order valence-corrected chi connectivity index (χ0v) is 16.1. The molecule has 0 saturated heterocycles. The molecule has 0 aliphatic heterocycles. The van der Waals surface area contributed by atoms with Crippen LogP contribution in [0.25, 0.3) is 0 Å². The third kappa shape index (κ3) is 7.63. The Labute approximate surface area is 173 Å². The minimum atomic E-state index is -1.37. The van der Waals surface area contributed by atoms with Crippen LogP contribution in [0.1, 0.15) is 17.5 Å². The van der Waals surface area contributed by atoms with Crippen molar-refractivity contribution in [3.05, 3.63) is 71.8 Å². The maximum atomic E-state index is 12.5. The van der Waals surface area contributed by atoms with Crippen LogP contribution in [0.4, 0.5) is 4.79 Å². The summed E-state index contributed by atoms with van der Waals surface area (Å²) in [6.45, 7) is -0.0384. The van der Waals surface area contributed by atoms with Crippen LogP contribution in [-0.2, 0) is 32.1 Å². The zero-order chi connectivity index (χ0) is 21.9. The van der Waals surface area contributed by atoms with E-state index in [-0.39, 0.29) is 13.0 Å². The highest BCUT2D eigenvalue weighted by atomic mass is 16.5. The second kappa shape index (κ2) is 11.2. The lowest BCUT2D eigenvalue weighted by molar-refractivity contribution is -0.142. The normalized spacial score (nSPS) is 12.3. The Hall–Kier alpha value is -3.88. The Bertz CT molecular complexity index is 873. The van der Waals surface area contributed by atoms with E-state index in [4.69, 9.17) is 10.5 Å². The molecule has 5 N–H and O–H groups in total. The molecule has 2 rings (SSSR count). The van der Waals surface area contributed by atoms with Crippen molar-refractivity contribution < 1.29 is 29.0 Å². The lowest BCUT2D eigenvalue weighted by Crippen LogP contribution is -2.53. The first-order valence-corrected chi connectivity index (χ1v) is 9.17. The molecule has 2 aromatic carbocycles. The number of nitrogens with one attached hydrogen (secondary N) is 2. The quantitative estimate of drug-likeness (QED) is 0.456. The molecule has 0 aliphatic rings. The van der Waals surface area contributed by atoms with E-state index in [1.165, 1.54) is 0 Å². The highest BCUT2D eigenvalue weighted by molar-refractivity contribution is 5.92. The van der Waals surface area contributed by atoms with Crippen molar-refractivity contribution in [2.45, 2.75) is 31.5 Å². The van der Waals surface area contributed by atoms with Gasteiger partial charge in [0.25, 0.3) is 0 Å².